The van der Waals surface area contributed by atoms with Gasteiger partial charge in [0.25, 0.3) is 0 Å². The zero-order valence-electron chi connectivity index (χ0n) is 16.9. The molecule has 0 spiro atoms. The van der Waals surface area contributed by atoms with Crippen molar-refractivity contribution in [3.8, 4) is 5.75 Å². The van der Waals surface area contributed by atoms with E-state index in [9.17, 15) is 29.3 Å². The minimum Gasteiger partial charge on any atom is -0.507 e. The van der Waals surface area contributed by atoms with Crippen LogP contribution in [0.3, 0.4) is 0 Å². The lowest BCUT2D eigenvalue weighted by Gasteiger charge is -2.24. The van der Waals surface area contributed by atoms with Crippen molar-refractivity contribution in [2.45, 2.75) is 31.6 Å². The quantitative estimate of drug-likeness (QED) is 0.222. The van der Waals surface area contributed by atoms with Gasteiger partial charge in [-0.2, -0.15) is 0 Å². The van der Waals surface area contributed by atoms with Crippen LogP contribution in [0.25, 0.3) is 0 Å². The lowest BCUT2D eigenvalue weighted by molar-refractivity contribution is -0.142. The summed E-state index contributed by atoms with van der Waals surface area (Å²) >= 11 is 1.93. The summed E-state index contributed by atoms with van der Waals surface area (Å²) in [6, 6.07) is 12.4. The molecule has 0 bridgehead atoms. The van der Waals surface area contributed by atoms with E-state index in [1.165, 1.54) is 13.0 Å². The van der Waals surface area contributed by atoms with Crippen LogP contribution in [0, 0.1) is 9.49 Å². The van der Waals surface area contributed by atoms with Crippen LogP contribution >= 0.6 is 30.0 Å². The number of phenols is 1. The van der Waals surface area contributed by atoms with Gasteiger partial charge in [-0.1, -0.05) is 36.4 Å². The number of phenolic OH excluding ortho intramolecular Hbond substituents is 1. The van der Waals surface area contributed by atoms with Crippen molar-refractivity contribution in [2.75, 3.05) is 6.16 Å². The number of carbonyl (C=O) groups is 2. The van der Waals surface area contributed by atoms with E-state index in [0.29, 0.717) is 9.13 Å². The fourth-order valence-corrected chi connectivity index (χ4v) is 4.86. The predicted octanol–water partition coefficient (Wildman–Crippen LogP) is 2.54. The minimum absolute atomic E-state index is 0.000507. The number of aliphatic carboxylic acids is 1. The Kier molecular flexibility index (Phi) is 9.05. The number of rotatable bonds is 10. The van der Waals surface area contributed by atoms with E-state index in [0.717, 1.165) is 5.56 Å². The van der Waals surface area contributed by atoms with Crippen LogP contribution in [0.4, 0.5) is 0 Å². The maximum absolute atomic E-state index is 13.0. The van der Waals surface area contributed by atoms with Crippen LogP contribution in [-0.4, -0.2) is 45.0 Å². The van der Waals surface area contributed by atoms with Crippen LogP contribution < -0.4 is 11.1 Å². The molecule has 31 heavy (non-hydrogen) atoms. The van der Waals surface area contributed by atoms with Gasteiger partial charge in [0, 0.05) is 12.6 Å². The fourth-order valence-electron chi connectivity index (χ4n) is 3.02. The zero-order valence-corrected chi connectivity index (χ0v) is 20.0. The summed E-state index contributed by atoms with van der Waals surface area (Å²) in [5, 5.41) is 21.8. The first-order valence-corrected chi connectivity index (χ1v) is 12.6. The highest BCUT2D eigenvalue weighted by Crippen LogP contribution is 2.45. The fraction of sp³-hybridized carbons (Fsp3) is 0.333. The lowest BCUT2D eigenvalue weighted by atomic mass is 9.99. The average molecular weight is 560 g/mol. The summed E-state index contributed by atoms with van der Waals surface area (Å²) in [5.74, 6) is -3.70. The Morgan fingerprint density at radius 2 is 1.77 bits per heavy atom. The number of hydrogen-bond acceptors (Lipinski definition) is 5. The van der Waals surface area contributed by atoms with Crippen molar-refractivity contribution in [1.82, 2.24) is 5.32 Å². The van der Waals surface area contributed by atoms with Crippen molar-refractivity contribution in [3.63, 3.8) is 0 Å². The summed E-state index contributed by atoms with van der Waals surface area (Å²) in [7, 11) is -3.82. The molecule has 0 aliphatic heterocycles. The normalized spacial score (nSPS) is 16.0. The van der Waals surface area contributed by atoms with E-state index >= 15 is 0 Å². The molecule has 8 nitrogen and oxygen atoms in total. The summed E-state index contributed by atoms with van der Waals surface area (Å²) < 4.78 is 13.1. The second-order valence-electron chi connectivity index (χ2n) is 7.45. The first-order valence-electron chi connectivity index (χ1n) is 9.61. The molecule has 2 aromatic carbocycles. The van der Waals surface area contributed by atoms with Gasteiger partial charge in [-0.05, 0) is 59.2 Å². The number of benzene rings is 2. The number of carboxylic acid groups (broad SMARTS) is 1. The zero-order chi connectivity index (χ0) is 23.2. The number of aromatic hydroxyl groups is 1. The molecule has 2 rings (SSSR count). The van der Waals surface area contributed by atoms with Crippen molar-refractivity contribution >= 4 is 41.8 Å². The van der Waals surface area contributed by atoms with Crippen molar-refractivity contribution in [2.24, 2.45) is 11.7 Å². The second-order valence-corrected chi connectivity index (χ2v) is 11.3. The van der Waals surface area contributed by atoms with E-state index < -0.39 is 37.0 Å². The first-order chi connectivity index (χ1) is 14.5. The van der Waals surface area contributed by atoms with Gasteiger partial charge in [0.05, 0.1) is 15.3 Å². The van der Waals surface area contributed by atoms with Gasteiger partial charge in [-0.3, -0.25) is 9.36 Å². The Bertz CT molecular complexity index is 970. The third-order valence-corrected chi connectivity index (χ3v) is 7.98. The van der Waals surface area contributed by atoms with E-state index in [2.05, 4.69) is 5.32 Å². The molecule has 0 aliphatic rings. The molecule has 0 saturated heterocycles. The Morgan fingerprint density at radius 1 is 1.13 bits per heavy atom. The number of carboxylic acids is 1. The maximum Gasteiger partial charge on any atom is 0.326 e. The molecule has 0 heterocycles. The Labute approximate surface area is 194 Å². The summed E-state index contributed by atoms with van der Waals surface area (Å²) in [4.78, 5) is 35.0. The molecule has 0 aliphatic carbocycles. The molecule has 1 amide bonds. The number of nitrogens with two attached hydrogens (primary N) is 1. The molecule has 1 unspecified atom stereocenters. The van der Waals surface area contributed by atoms with Gasteiger partial charge in [-0.25, -0.2) is 4.79 Å². The Hall–Kier alpha value is -1.94. The molecule has 2 aromatic rings. The van der Waals surface area contributed by atoms with Gasteiger partial charge in [-0.15, -0.1) is 0 Å². The third kappa shape index (κ3) is 7.60. The summed E-state index contributed by atoms with van der Waals surface area (Å²) in [5.41, 5.74) is 7.04. The Balaban J connectivity index is 2.22. The SMILES string of the molecule is C[C@H](N)P(=O)(O)C[C@@H](Cc1ccccc1)C(=O)N[C@@H](Cc1ccc(O)c(I)c1)C(=O)O. The summed E-state index contributed by atoms with van der Waals surface area (Å²) in [6.07, 6.45) is -0.179. The van der Waals surface area contributed by atoms with Crippen LogP contribution in [-0.2, 0) is 27.0 Å². The average Bonchev–Trinajstić information content (AvgIpc) is 2.70. The monoisotopic (exact) mass is 560 g/mol. The van der Waals surface area contributed by atoms with Gasteiger partial charge >= 0.3 is 5.97 Å². The van der Waals surface area contributed by atoms with Crippen LogP contribution in [0.15, 0.2) is 48.5 Å². The largest absolute Gasteiger partial charge is 0.507 e. The van der Waals surface area contributed by atoms with E-state index in [1.807, 2.05) is 28.7 Å². The van der Waals surface area contributed by atoms with Crippen LogP contribution in [0.1, 0.15) is 18.1 Å². The molecule has 10 heteroatoms. The number of carbonyl (C=O) groups excluding carboxylic acids is 1. The Morgan fingerprint density at radius 3 is 2.32 bits per heavy atom. The maximum atomic E-state index is 13.0. The second kappa shape index (κ2) is 11.1. The standard InChI is InChI=1S/C21H26IN2O6P/c1-13(23)31(29,30)12-16(9-14-5-3-2-4-6-14)20(26)24-18(21(27)28)11-15-7-8-19(25)17(22)10-15/h2-8,10,13,16,18,25H,9,11-12,23H2,1H3,(H,24,26)(H,27,28)(H,29,30)/t13-,16-,18+/m1/s1. The molecular formula is C21H26IN2O6P. The predicted molar refractivity (Wildman–Crippen MR) is 126 cm³/mol. The molecule has 0 radical (unpaired) electrons. The molecule has 0 aromatic heterocycles. The lowest BCUT2D eigenvalue weighted by Crippen LogP contribution is -2.46. The van der Waals surface area contributed by atoms with E-state index in [-0.39, 0.29) is 24.8 Å². The molecule has 168 valence electrons. The smallest absolute Gasteiger partial charge is 0.326 e. The van der Waals surface area contributed by atoms with Crippen LogP contribution in [0.5, 0.6) is 5.75 Å². The molecular weight excluding hydrogens is 534 g/mol. The van der Waals surface area contributed by atoms with Crippen LogP contribution in [0.2, 0.25) is 0 Å². The number of amides is 1. The van der Waals surface area contributed by atoms with E-state index in [4.69, 9.17) is 5.73 Å². The number of nitrogens with one attached hydrogen (secondary N) is 1. The molecule has 0 fully saturated rings. The van der Waals surface area contributed by atoms with Gasteiger partial charge < -0.3 is 26.2 Å². The van der Waals surface area contributed by atoms with Crippen molar-refractivity contribution in [1.29, 1.82) is 0 Å². The first kappa shape index (κ1) is 25.3. The molecule has 6 N–H and O–H groups in total. The highest BCUT2D eigenvalue weighted by atomic mass is 127. The highest BCUT2D eigenvalue weighted by molar-refractivity contribution is 14.1. The van der Waals surface area contributed by atoms with Gasteiger partial charge in [0.2, 0.25) is 13.3 Å². The topological polar surface area (TPSA) is 150 Å². The van der Waals surface area contributed by atoms with Crippen molar-refractivity contribution in [3.05, 3.63) is 63.2 Å². The van der Waals surface area contributed by atoms with Gasteiger partial charge in [0.1, 0.15) is 11.8 Å². The minimum atomic E-state index is -3.82. The highest BCUT2D eigenvalue weighted by Gasteiger charge is 2.33. The molecule has 4 atom stereocenters. The number of hydrogen-bond donors (Lipinski definition) is 5. The number of halogens is 1. The molecule has 0 saturated carbocycles. The van der Waals surface area contributed by atoms with Crippen molar-refractivity contribution < 1.29 is 29.3 Å². The van der Waals surface area contributed by atoms with Gasteiger partial charge in [0.15, 0.2) is 0 Å². The van der Waals surface area contributed by atoms with E-state index in [1.54, 1.807) is 36.4 Å². The third-order valence-electron chi connectivity index (χ3n) is 4.88. The summed E-state index contributed by atoms with van der Waals surface area (Å²) in [6.45, 7) is 1.41.